The predicted molar refractivity (Wildman–Crippen MR) is 43.0 cm³/mol. The highest BCUT2D eigenvalue weighted by Crippen LogP contribution is 2.29. The third kappa shape index (κ3) is 1.62. The van der Waals surface area contributed by atoms with Gasteiger partial charge in [0.25, 0.3) is 0 Å². The van der Waals surface area contributed by atoms with E-state index in [0.717, 1.165) is 6.92 Å². The summed E-state index contributed by atoms with van der Waals surface area (Å²) in [6, 6.07) is 0.599. The van der Waals surface area contributed by atoms with Gasteiger partial charge in [-0.2, -0.15) is 0 Å². The van der Waals surface area contributed by atoms with Crippen LogP contribution in [0.25, 0.3) is 0 Å². The number of phenolic OH excluding ortho intramolecular Hbond substituents is 1. The second kappa shape index (κ2) is 3.30. The molecule has 70 valence electrons. The largest absolute Gasteiger partial charge is 0.507 e. The summed E-state index contributed by atoms with van der Waals surface area (Å²) in [7, 11) is 0. The summed E-state index contributed by atoms with van der Waals surface area (Å²) in [5.74, 6) is -3.78. The monoisotopic (exact) mass is 206 g/mol. The van der Waals surface area contributed by atoms with Gasteiger partial charge in [0.05, 0.1) is 5.56 Å². The topological polar surface area (TPSA) is 37.3 Å². The molecule has 1 rings (SSSR count). The van der Waals surface area contributed by atoms with E-state index >= 15 is 0 Å². The lowest BCUT2D eigenvalue weighted by Crippen LogP contribution is -2.00. The van der Waals surface area contributed by atoms with Crippen LogP contribution in [-0.4, -0.2) is 10.9 Å². The van der Waals surface area contributed by atoms with Crippen LogP contribution >= 0.6 is 11.6 Å². The SMILES string of the molecule is CC(=O)c1c(O)cc(F)c(Cl)c1F. The summed E-state index contributed by atoms with van der Waals surface area (Å²) in [6.07, 6.45) is 0. The first-order valence-corrected chi connectivity index (χ1v) is 3.70. The van der Waals surface area contributed by atoms with Crippen LogP contribution in [0, 0.1) is 11.6 Å². The second-order valence-corrected chi connectivity index (χ2v) is 2.81. The minimum Gasteiger partial charge on any atom is -0.507 e. The molecule has 0 unspecified atom stereocenters. The highest BCUT2D eigenvalue weighted by atomic mass is 35.5. The number of hydrogen-bond acceptors (Lipinski definition) is 2. The van der Waals surface area contributed by atoms with Crippen LogP contribution in [0.3, 0.4) is 0 Å². The van der Waals surface area contributed by atoms with Crippen molar-refractivity contribution in [1.82, 2.24) is 0 Å². The number of aromatic hydroxyl groups is 1. The Morgan fingerprint density at radius 3 is 2.54 bits per heavy atom. The fraction of sp³-hybridized carbons (Fsp3) is 0.125. The second-order valence-electron chi connectivity index (χ2n) is 2.44. The van der Waals surface area contributed by atoms with Gasteiger partial charge in [0.2, 0.25) is 0 Å². The number of Topliss-reactive ketones (excluding diaryl/α,β-unsaturated/α-hetero) is 1. The molecular formula is C8H5ClF2O2. The van der Waals surface area contributed by atoms with Crippen molar-refractivity contribution in [3.8, 4) is 5.75 Å². The lowest BCUT2D eigenvalue weighted by atomic mass is 10.1. The molecule has 0 aromatic heterocycles. The van der Waals surface area contributed by atoms with Crippen LogP contribution in [0.5, 0.6) is 5.75 Å². The van der Waals surface area contributed by atoms with E-state index in [9.17, 15) is 13.6 Å². The van der Waals surface area contributed by atoms with E-state index in [4.69, 9.17) is 16.7 Å². The molecule has 2 nitrogen and oxygen atoms in total. The Kier molecular flexibility index (Phi) is 2.52. The van der Waals surface area contributed by atoms with E-state index in [2.05, 4.69) is 0 Å². The molecule has 0 heterocycles. The molecule has 0 amide bonds. The van der Waals surface area contributed by atoms with Crippen LogP contribution in [0.4, 0.5) is 8.78 Å². The Labute approximate surface area is 77.8 Å². The van der Waals surface area contributed by atoms with E-state index < -0.39 is 33.8 Å². The standard InChI is InChI=1S/C8H5ClF2O2/c1-3(12)6-5(13)2-4(10)7(9)8(6)11/h2,13H,1H3. The zero-order valence-corrected chi connectivity index (χ0v) is 7.32. The van der Waals surface area contributed by atoms with Gasteiger partial charge in [0, 0.05) is 6.07 Å². The van der Waals surface area contributed by atoms with Crippen molar-refractivity contribution in [1.29, 1.82) is 0 Å². The molecule has 0 aliphatic rings. The van der Waals surface area contributed by atoms with Crippen molar-refractivity contribution in [2.45, 2.75) is 6.92 Å². The fourth-order valence-electron chi connectivity index (χ4n) is 0.917. The molecular weight excluding hydrogens is 202 g/mol. The number of carbonyl (C=O) groups excluding carboxylic acids is 1. The number of carbonyl (C=O) groups is 1. The Morgan fingerprint density at radius 2 is 2.08 bits per heavy atom. The molecule has 0 aliphatic carbocycles. The van der Waals surface area contributed by atoms with E-state index in [-0.39, 0.29) is 0 Å². The van der Waals surface area contributed by atoms with Crippen molar-refractivity contribution in [2.75, 3.05) is 0 Å². The van der Waals surface area contributed by atoms with Crippen molar-refractivity contribution in [3.05, 3.63) is 28.3 Å². The van der Waals surface area contributed by atoms with Gasteiger partial charge in [0.15, 0.2) is 11.6 Å². The molecule has 0 fully saturated rings. The van der Waals surface area contributed by atoms with E-state index in [1.807, 2.05) is 0 Å². The molecule has 0 radical (unpaired) electrons. The molecule has 0 atom stereocenters. The summed E-state index contributed by atoms with van der Waals surface area (Å²) >= 11 is 5.19. The fourth-order valence-corrected chi connectivity index (χ4v) is 1.07. The molecule has 13 heavy (non-hydrogen) atoms. The normalized spacial score (nSPS) is 10.2. The summed E-state index contributed by atoms with van der Waals surface area (Å²) in [4.78, 5) is 10.8. The quantitative estimate of drug-likeness (QED) is 0.566. The van der Waals surface area contributed by atoms with Crippen LogP contribution in [0.1, 0.15) is 17.3 Å². The summed E-state index contributed by atoms with van der Waals surface area (Å²) in [5, 5.41) is 8.22. The summed E-state index contributed by atoms with van der Waals surface area (Å²) in [6.45, 7) is 1.05. The molecule has 1 aromatic carbocycles. The Balaban J connectivity index is 3.53. The molecule has 0 aliphatic heterocycles. The van der Waals surface area contributed by atoms with E-state index in [0.29, 0.717) is 6.07 Å². The van der Waals surface area contributed by atoms with Crippen molar-refractivity contribution < 1.29 is 18.7 Å². The summed E-state index contributed by atoms with van der Waals surface area (Å²) < 4.78 is 25.7. The molecule has 1 N–H and O–H groups in total. The molecule has 5 heteroatoms. The minimum absolute atomic E-state index is 0.591. The zero-order chi connectivity index (χ0) is 10.2. The third-order valence-electron chi connectivity index (χ3n) is 1.49. The predicted octanol–water partition coefficient (Wildman–Crippen LogP) is 2.53. The molecule has 1 aromatic rings. The number of ketones is 1. The molecule has 0 spiro atoms. The number of benzene rings is 1. The lowest BCUT2D eigenvalue weighted by molar-refractivity contribution is 0.101. The Morgan fingerprint density at radius 1 is 1.54 bits per heavy atom. The van der Waals surface area contributed by atoms with Crippen LogP contribution < -0.4 is 0 Å². The van der Waals surface area contributed by atoms with Crippen LogP contribution in [-0.2, 0) is 0 Å². The van der Waals surface area contributed by atoms with Gasteiger partial charge in [0.1, 0.15) is 16.6 Å². The van der Waals surface area contributed by atoms with Gasteiger partial charge < -0.3 is 5.11 Å². The van der Waals surface area contributed by atoms with Crippen molar-refractivity contribution in [2.24, 2.45) is 0 Å². The first-order valence-electron chi connectivity index (χ1n) is 3.32. The van der Waals surface area contributed by atoms with Crippen LogP contribution in [0.15, 0.2) is 6.07 Å². The lowest BCUT2D eigenvalue weighted by Gasteiger charge is -2.04. The molecule has 0 bridgehead atoms. The molecule has 0 saturated carbocycles. The van der Waals surface area contributed by atoms with Crippen molar-refractivity contribution >= 4 is 17.4 Å². The maximum atomic E-state index is 13.0. The number of halogens is 3. The number of hydrogen-bond donors (Lipinski definition) is 1. The van der Waals surface area contributed by atoms with E-state index in [1.165, 1.54) is 0 Å². The van der Waals surface area contributed by atoms with Gasteiger partial charge in [-0.1, -0.05) is 11.6 Å². The zero-order valence-electron chi connectivity index (χ0n) is 6.57. The number of phenols is 1. The minimum atomic E-state index is -1.23. The van der Waals surface area contributed by atoms with Gasteiger partial charge in [-0.25, -0.2) is 8.78 Å². The smallest absolute Gasteiger partial charge is 0.166 e. The highest BCUT2D eigenvalue weighted by molar-refractivity contribution is 6.31. The maximum Gasteiger partial charge on any atom is 0.166 e. The average molecular weight is 207 g/mol. The maximum absolute atomic E-state index is 13.0. The van der Waals surface area contributed by atoms with Crippen LogP contribution in [0.2, 0.25) is 5.02 Å². The van der Waals surface area contributed by atoms with Gasteiger partial charge in [-0.15, -0.1) is 0 Å². The Bertz CT molecular complexity index is 377. The first-order chi connectivity index (χ1) is 5.95. The highest BCUT2D eigenvalue weighted by Gasteiger charge is 2.19. The average Bonchev–Trinajstić information content (AvgIpc) is 1.99. The van der Waals surface area contributed by atoms with Gasteiger partial charge in [-0.3, -0.25) is 4.79 Å². The first kappa shape index (κ1) is 9.92. The van der Waals surface area contributed by atoms with E-state index in [1.54, 1.807) is 0 Å². The molecule has 0 saturated heterocycles. The van der Waals surface area contributed by atoms with Gasteiger partial charge >= 0.3 is 0 Å². The third-order valence-corrected chi connectivity index (χ3v) is 1.84. The Hall–Kier alpha value is -1.16. The number of rotatable bonds is 1. The van der Waals surface area contributed by atoms with Crippen molar-refractivity contribution in [3.63, 3.8) is 0 Å². The van der Waals surface area contributed by atoms with Gasteiger partial charge in [-0.05, 0) is 6.92 Å². The summed E-state index contributed by atoms with van der Waals surface area (Å²) in [5.41, 5.74) is -0.591.